The van der Waals surface area contributed by atoms with Crippen molar-refractivity contribution in [3.05, 3.63) is 0 Å². The molecule has 0 saturated heterocycles. The van der Waals surface area contributed by atoms with Crippen LogP contribution in [-0.4, -0.2) is 23.6 Å². The number of hydrogen-bond donors (Lipinski definition) is 3. The van der Waals surface area contributed by atoms with Crippen molar-refractivity contribution >= 4 is 5.84 Å². The predicted molar refractivity (Wildman–Crippen MR) is 73.4 cm³/mol. The molecule has 0 amide bonds. The number of nitrogens with one attached hydrogen (secondary N) is 1. The van der Waals surface area contributed by atoms with Crippen LogP contribution in [0.4, 0.5) is 0 Å². The number of nitrogens with zero attached hydrogens (tertiary/aromatic N) is 1. The number of unbranched alkanes of at least 4 members (excludes halogenated alkanes) is 1. The number of rotatable bonds is 9. The van der Waals surface area contributed by atoms with E-state index in [0.717, 1.165) is 25.8 Å². The number of hydrogen-bond acceptors (Lipinski definition) is 3. The minimum absolute atomic E-state index is 0.205. The molecule has 0 rings (SSSR count). The smallest absolute Gasteiger partial charge is 0.144 e. The van der Waals surface area contributed by atoms with Crippen LogP contribution in [0.2, 0.25) is 0 Å². The highest BCUT2D eigenvalue weighted by Gasteiger charge is 2.22. The summed E-state index contributed by atoms with van der Waals surface area (Å²) >= 11 is 0. The molecule has 0 heterocycles. The summed E-state index contributed by atoms with van der Waals surface area (Å²) < 4.78 is 0. The lowest BCUT2D eigenvalue weighted by atomic mass is 9.86. The highest BCUT2D eigenvalue weighted by molar-refractivity contribution is 5.85. The Kier molecular flexibility index (Phi) is 7.96. The maximum absolute atomic E-state index is 8.66. The van der Waals surface area contributed by atoms with Crippen molar-refractivity contribution in [1.82, 2.24) is 5.32 Å². The molecule has 1 atom stereocenters. The van der Waals surface area contributed by atoms with Crippen LogP contribution in [-0.2, 0) is 0 Å². The normalized spacial score (nSPS) is 14.9. The minimum atomic E-state index is -0.205. The second-order valence-electron chi connectivity index (χ2n) is 5.47. The molecule has 0 spiro atoms. The van der Waals surface area contributed by atoms with Crippen molar-refractivity contribution < 1.29 is 5.21 Å². The fourth-order valence-electron chi connectivity index (χ4n) is 1.84. The van der Waals surface area contributed by atoms with Gasteiger partial charge < -0.3 is 16.3 Å². The third-order valence-electron chi connectivity index (χ3n) is 3.24. The van der Waals surface area contributed by atoms with Crippen LogP contribution in [0.1, 0.15) is 59.8 Å². The van der Waals surface area contributed by atoms with Gasteiger partial charge in [-0.25, -0.2) is 0 Å². The van der Waals surface area contributed by atoms with Gasteiger partial charge in [-0.05, 0) is 32.7 Å². The quantitative estimate of drug-likeness (QED) is 0.192. The Hall–Kier alpha value is -0.770. The molecule has 0 fully saturated rings. The van der Waals surface area contributed by atoms with Crippen LogP contribution in [0.5, 0.6) is 0 Å². The first kappa shape index (κ1) is 16.2. The summed E-state index contributed by atoms with van der Waals surface area (Å²) in [6.45, 7) is 9.50. The van der Waals surface area contributed by atoms with Crippen LogP contribution in [0.25, 0.3) is 0 Å². The van der Waals surface area contributed by atoms with Crippen molar-refractivity contribution in [1.29, 1.82) is 0 Å². The molecule has 0 radical (unpaired) electrons. The summed E-state index contributed by atoms with van der Waals surface area (Å²) in [6.07, 6.45) is 5.64. The molecule has 17 heavy (non-hydrogen) atoms. The lowest BCUT2D eigenvalue weighted by molar-refractivity contribution is 0.304. The molecule has 4 heteroatoms. The summed E-state index contributed by atoms with van der Waals surface area (Å²) in [5, 5.41) is 15.2. The third-order valence-corrected chi connectivity index (χ3v) is 3.24. The van der Waals surface area contributed by atoms with Crippen LogP contribution < -0.4 is 11.1 Å². The predicted octanol–water partition coefficient (Wildman–Crippen LogP) is 2.71. The average molecular weight is 243 g/mol. The second kappa shape index (κ2) is 8.34. The van der Waals surface area contributed by atoms with E-state index in [1.807, 2.05) is 13.8 Å². The highest BCUT2D eigenvalue weighted by Crippen LogP contribution is 2.23. The van der Waals surface area contributed by atoms with E-state index in [1.165, 1.54) is 12.8 Å². The molecule has 0 aliphatic heterocycles. The zero-order valence-corrected chi connectivity index (χ0v) is 11.8. The summed E-state index contributed by atoms with van der Waals surface area (Å²) in [7, 11) is 0. The van der Waals surface area contributed by atoms with Gasteiger partial charge in [0.25, 0.3) is 0 Å². The first-order chi connectivity index (χ1) is 7.94. The molecule has 4 N–H and O–H groups in total. The number of nitrogens with two attached hydrogens (primary N) is 1. The second-order valence-corrected chi connectivity index (χ2v) is 5.47. The Morgan fingerprint density at radius 2 is 2.06 bits per heavy atom. The van der Waals surface area contributed by atoms with Crippen LogP contribution >= 0.6 is 0 Å². The molecule has 0 aliphatic rings. The fraction of sp³-hybridized carbons (Fsp3) is 0.923. The highest BCUT2D eigenvalue weighted by atomic mass is 16.4. The van der Waals surface area contributed by atoms with E-state index in [4.69, 9.17) is 10.9 Å². The van der Waals surface area contributed by atoms with Gasteiger partial charge in [-0.1, -0.05) is 38.8 Å². The maximum Gasteiger partial charge on any atom is 0.144 e. The lowest BCUT2D eigenvalue weighted by Crippen LogP contribution is -2.32. The summed E-state index contributed by atoms with van der Waals surface area (Å²) in [5.74, 6) is 0.324. The molecular formula is C13H29N3O. The van der Waals surface area contributed by atoms with Gasteiger partial charge in [-0.2, -0.15) is 0 Å². The van der Waals surface area contributed by atoms with Gasteiger partial charge in [0, 0.05) is 11.5 Å². The Morgan fingerprint density at radius 1 is 1.41 bits per heavy atom. The van der Waals surface area contributed by atoms with Gasteiger partial charge >= 0.3 is 0 Å². The fourth-order valence-corrected chi connectivity index (χ4v) is 1.84. The monoisotopic (exact) mass is 243 g/mol. The molecule has 0 saturated carbocycles. The van der Waals surface area contributed by atoms with Gasteiger partial charge in [0.15, 0.2) is 0 Å². The van der Waals surface area contributed by atoms with Crippen molar-refractivity contribution in [2.75, 3.05) is 6.54 Å². The van der Waals surface area contributed by atoms with Crippen LogP contribution in [0, 0.1) is 5.41 Å². The van der Waals surface area contributed by atoms with Gasteiger partial charge in [0.2, 0.25) is 0 Å². The molecule has 4 nitrogen and oxygen atoms in total. The van der Waals surface area contributed by atoms with E-state index >= 15 is 0 Å². The van der Waals surface area contributed by atoms with Crippen LogP contribution in [0.3, 0.4) is 0 Å². The Balaban J connectivity index is 3.64. The van der Waals surface area contributed by atoms with Crippen molar-refractivity contribution in [3.8, 4) is 0 Å². The van der Waals surface area contributed by atoms with E-state index in [1.54, 1.807) is 0 Å². The summed E-state index contributed by atoms with van der Waals surface area (Å²) in [4.78, 5) is 0. The van der Waals surface area contributed by atoms with E-state index in [0.29, 0.717) is 11.9 Å². The van der Waals surface area contributed by atoms with Crippen molar-refractivity contribution in [3.63, 3.8) is 0 Å². The first-order valence-corrected chi connectivity index (χ1v) is 6.65. The van der Waals surface area contributed by atoms with E-state index < -0.39 is 0 Å². The largest absolute Gasteiger partial charge is 0.409 e. The Bertz CT molecular complexity index is 227. The van der Waals surface area contributed by atoms with Gasteiger partial charge in [0.05, 0.1) is 0 Å². The zero-order chi connectivity index (χ0) is 13.3. The molecule has 0 aromatic carbocycles. The number of amidine groups is 1. The molecule has 1 unspecified atom stereocenters. The van der Waals surface area contributed by atoms with Gasteiger partial charge in [0.1, 0.15) is 5.84 Å². The Morgan fingerprint density at radius 3 is 2.59 bits per heavy atom. The van der Waals surface area contributed by atoms with Crippen molar-refractivity contribution in [2.45, 2.75) is 65.8 Å². The van der Waals surface area contributed by atoms with Gasteiger partial charge in [-0.15, -0.1) is 0 Å². The molecular weight excluding hydrogens is 214 g/mol. The summed E-state index contributed by atoms with van der Waals surface area (Å²) in [6, 6.07) is 0.608. The summed E-state index contributed by atoms with van der Waals surface area (Å²) in [5.41, 5.74) is 5.43. The molecule has 0 bridgehead atoms. The molecule has 0 aromatic heterocycles. The number of oxime groups is 1. The molecule has 0 aliphatic carbocycles. The maximum atomic E-state index is 8.66. The first-order valence-electron chi connectivity index (χ1n) is 6.65. The van der Waals surface area contributed by atoms with E-state index in [9.17, 15) is 0 Å². The van der Waals surface area contributed by atoms with Crippen molar-refractivity contribution in [2.24, 2.45) is 16.3 Å². The SMILES string of the molecule is CCCC(C)NCCCCC(C)(C)C(N)=NO. The van der Waals surface area contributed by atoms with Gasteiger partial charge in [-0.3, -0.25) is 0 Å². The standard InChI is InChI=1S/C13H29N3O/c1-5-8-11(2)15-10-7-6-9-13(3,4)12(14)16-17/h11,15,17H,5-10H2,1-4H3,(H2,14,16). The third kappa shape index (κ3) is 7.21. The Labute approximate surface area is 106 Å². The van der Waals surface area contributed by atoms with Crippen LogP contribution in [0.15, 0.2) is 5.16 Å². The minimum Gasteiger partial charge on any atom is -0.409 e. The zero-order valence-electron chi connectivity index (χ0n) is 11.8. The van der Waals surface area contributed by atoms with E-state index in [-0.39, 0.29) is 5.41 Å². The van der Waals surface area contributed by atoms with E-state index in [2.05, 4.69) is 24.3 Å². The molecule has 0 aromatic rings. The topological polar surface area (TPSA) is 70.6 Å². The molecule has 102 valence electrons. The lowest BCUT2D eigenvalue weighted by Gasteiger charge is -2.22. The average Bonchev–Trinajstić information content (AvgIpc) is 2.27.